The van der Waals surface area contributed by atoms with Gasteiger partial charge in [0.15, 0.2) is 0 Å². The lowest BCUT2D eigenvalue weighted by molar-refractivity contribution is -0.140. The summed E-state index contributed by atoms with van der Waals surface area (Å²) in [6.45, 7) is 0. The Hall–Kier alpha value is -2.31. The molecule has 0 spiro atoms. The monoisotopic (exact) mass is 299 g/mol. The first-order valence-corrected chi connectivity index (χ1v) is 6.88. The highest BCUT2D eigenvalue weighted by atomic mass is 35.5. The number of nitriles is 1. The van der Waals surface area contributed by atoms with Crippen molar-refractivity contribution in [2.75, 3.05) is 7.11 Å². The summed E-state index contributed by atoms with van der Waals surface area (Å²) in [6, 6.07) is 15.3. The molecule has 2 aromatic carbocycles. The minimum atomic E-state index is -0.298. The van der Waals surface area contributed by atoms with Gasteiger partial charge < -0.3 is 4.74 Å². The van der Waals surface area contributed by atoms with Crippen LogP contribution in [0.3, 0.4) is 0 Å². The lowest BCUT2D eigenvalue weighted by atomic mass is 9.93. The molecule has 21 heavy (non-hydrogen) atoms. The highest BCUT2D eigenvalue weighted by Gasteiger charge is 2.14. The maximum Gasteiger partial charge on any atom is 0.305 e. The van der Waals surface area contributed by atoms with Gasteiger partial charge in [0.2, 0.25) is 0 Å². The van der Waals surface area contributed by atoms with Crippen LogP contribution in [0.2, 0.25) is 5.02 Å². The van der Waals surface area contributed by atoms with E-state index in [-0.39, 0.29) is 12.4 Å². The summed E-state index contributed by atoms with van der Waals surface area (Å²) < 4.78 is 4.67. The van der Waals surface area contributed by atoms with Crippen LogP contribution in [0.15, 0.2) is 42.5 Å². The summed E-state index contributed by atoms with van der Waals surface area (Å²) in [6.07, 6.45) is 0.670. The van der Waals surface area contributed by atoms with Gasteiger partial charge in [-0.05, 0) is 35.2 Å². The topological polar surface area (TPSA) is 50.1 Å². The molecule has 0 saturated carbocycles. The number of halogens is 1. The third-order valence-corrected chi connectivity index (χ3v) is 3.44. The van der Waals surface area contributed by atoms with Gasteiger partial charge in [0.1, 0.15) is 0 Å². The third-order valence-electron chi connectivity index (χ3n) is 3.23. The van der Waals surface area contributed by atoms with E-state index >= 15 is 0 Å². The van der Waals surface area contributed by atoms with Crippen LogP contribution >= 0.6 is 11.6 Å². The van der Waals surface area contributed by atoms with Crippen molar-refractivity contribution in [2.45, 2.75) is 12.8 Å². The highest BCUT2D eigenvalue weighted by Crippen LogP contribution is 2.30. The number of carbonyl (C=O) groups excluding carboxylic acids is 1. The molecular weight excluding hydrogens is 286 g/mol. The number of rotatable bonds is 4. The van der Waals surface area contributed by atoms with E-state index in [2.05, 4.69) is 10.8 Å². The average molecular weight is 300 g/mol. The summed E-state index contributed by atoms with van der Waals surface area (Å²) in [5, 5.41) is 9.82. The summed E-state index contributed by atoms with van der Waals surface area (Å²) in [4.78, 5) is 11.4. The van der Waals surface area contributed by atoms with Gasteiger partial charge in [-0.15, -0.1) is 0 Å². The molecule has 0 saturated heterocycles. The Kier molecular flexibility index (Phi) is 4.97. The van der Waals surface area contributed by atoms with E-state index < -0.39 is 0 Å². The van der Waals surface area contributed by atoms with Crippen molar-refractivity contribution in [3.8, 4) is 17.2 Å². The maximum atomic E-state index is 11.4. The summed E-state index contributed by atoms with van der Waals surface area (Å²) in [5.41, 5.74) is 3.16. The van der Waals surface area contributed by atoms with E-state index in [1.807, 2.05) is 36.4 Å². The van der Waals surface area contributed by atoms with E-state index in [4.69, 9.17) is 11.6 Å². The fourth-order valence-electron chi connectivity index (χ4n) is 2.21. The number of nitrogens with zero attached hydrogens (tertiary/aromatic N) is 1. The molecule has 0 atom stereocenters. The summed E-state index contributed by atoms with van der Waals surface area (Å²) in [7, 11) is 1.35. The standard InChI is InChI=1S/C17H14ClNO2/c1-21-17(20)8-7-15-13(11-19)9-14(18)10-16(15)12-5-3-2-4-6-12/h2-6,9-10H,7-8H2,1H3. The molecule has 0 radical (unpaired) electrons. The van der Waals surface area contributed by atoms with Crippen LogP contribution in [0, 0.1) is 11.3 Å². The molecule has 106 valence electrons. The quantitative estimate of drug-likeness (QED) is 0.802. The Morgan fingerprint density at radius 2 is 2.00 bits per heavy atom. The molecule has 2 aromatic rings. The van der Waals surface area contributed by atoms with Gasteiger partial charge in [-0.25, -0.2) is 0 Å². The minimum Gasteiger partial charge on any atom is -0.469 e. The number of benzene rings is 2. The molecule has 4 heteroatoms. The van der Waals surface area contributed by atoms with Crippen LogP contribution in [-0.4, -0.2) is 13.1 Å². The van der Waals surface area contributed by atoms with Crippen molar-refractivity contribution in [1.82, 2.24) is 0 Å². The number of esters is 1. The minimum absolute atomic E-state index is 0.229. The number of ether oxygens (including phenoxy) is 1. The first-order chi connectivity index (χ1) is 10.2. The van der Waals surface area contributed by atoms with Gasteiger partial charge in [-0.3, -0.25) is 4.79 Å². The molecule has 0 bridgehead atoms. The maximum absolute atomic E-state index is 11.4. The molecule has 0 fully saturated rings. The van der Waals surface area contributed by atoms with Gasteiger partial charge in [0.05, 0.1) is 18.7 Å². The van der Waals surface area contributed by atoms with Gasteiger partial charge in [-0.2, -0.15) is 5.26 Å². The molecule has 0 unspecified atom stereocenters. The van der Waals surface area contributed by atoms with E-state index in [1.165, 1.54) is 7.11 Å². The van der Waals surface area contributed by atoms with E-state index in [1.54, 1.807) is 6.07 Å². The van der Waals surface area contributed by atoms with Crippen molar-refractivity contribution < 1.29 is 9.53 Å². The predicted molar refractivity (Wildman–Crippen MR) is 81.9 cm³/mol. The van der Waals surface area contributed by atoms with Crippen molar-refractivity contribution >= 4 is 17.6 Å². The van der Waals surface area contributed by atoms with Crippen LogP contribution in [0.4, 0.5) is 0 Å². The van der Waals surface area contributed by atoms with Gasteiger partial charge >= 0.3 is 5.97 Å². The predicted octanol–water partition coefficient (Wildman–Crippen LogP) is 3.98. The fourth-order valence-corrected chi connectivity index (χ4v) is 2.43. The largest absolute Gasteiger partial charge is 0.469 e. The molecule has 0 aliphatic carbocycles. The second-order valence-corrected chi connectivity index (χ2v) is 4.97. The van der Waals surface area contributed by atoms with Crippen LogP contribution < -0.4 is 0 Å². The lowest BCUT2D eigenvalue weighted by Gasteiger charge is -2.12. The highest BCUT2D eigenvalue weighted by molar-refractivity contribution is 6.31. The molecule has 2 rings (SSSR count). The first kappa shape index (κ1) is 15.1. The number of hydrogen-bond donors (Lipinski definition) is 0. The normalized spacial score (nSPS) is 9.95. The summed E-state index contributed by atoms with van der Waals surface area (Å²) >= 11 is 6.10. The average Bonchev–Trinajstić information content (AvgIpc) is 2.53. The Morgan fingerprint density at radius 1 is 1.29 bits per heavy atom. The van der Waals surface area contributed by atoms with Crippen LogP contribution in [0.1, 0.15) is 17.5 Å². The van der Waals surface area contributed by atoms with Crippen LogP contribution in [-0.2, 0) is 16.0 Å². The first-order valence-electron chi connectivity index (χ1n) is 6.50. The molecular formula is C17H14ClNO2. The fraction of sp³-hybridized carbons (Fsp3) is 0.176. The lowest BCUT2D eigenvalue weighted by Crippen LogP contribution is -2.04. The van der Waals surface area contributed by atoms with E-state index in [0.717, 1.165) is 16.7 Å². The van der Waals surface area contributed by atoms with Crippen LogP contribution in [0.25, 0.3) is 11.1 Å². The third kappa shape index (κ3) is 3.62. The Morgan fingerprint density at radius 3 is 2.62 bits per heavy atom. The Labute approximate surface area is 128 Å². The molecule has 0 amide bonds. The smallest absolute Gasteiger partial charge is 0.305 e. The second-order valence-electron chi connectivity index (χ2n) is 4.53. The molecule has 3 nitrogen and oxygen atoms in total. The molecule has 0 aliphatic heterocycles. The van der Waals surface area contributed by atoms with E-state index in [0.29, 0.717) is 17.0 Å². The van der Waals surface area contributed by atoms with E-state index in [9.17, 15) is 10.1 Å². The zero-order chi connectivity index (χ0) is 15.2. The van der Waals surface area contributed by atoms with Crippen molar-refractivity contribution in [1.29, 1.82) is 5.26 Å². The Balaban J connectivity index is 2.50. The van der Waals surface area contributed by atoms with Crippen LogP contribution in [0.5, 0.6) is 0 Å². The molecule has 0 heterocycles. The molecule has 0 aliphatic rings. The zero-order valence-corrected chi connectivity index (χ0v) is 12.4. The molecule has 0 aromatic heterocycles. The van der Waals surface area contributed by atoms with Crippen molar-refractivity contribution in [3.63, 3.8) is 0 Å². The summed E-state index contributed by atoms with van der Waals surface area (Å²) in [5.74, 6) is -0.298. The number of hydrogen-bond acceptors (Lipinski definition) is 3. The second kappa shape index (κ2) is 6.92. The van der Waals surface area contributed by atoms with Crippen molar-refractivity contribution in [3.05, 3.63) is 58.6 Å². The zero-order valence-electron chi connectivity index (χ0n) is 11.6. The number of methoxy groups -OCH3 is 1. The van der Waals surface area contributed by atoms with Gasteiger partial charge in [0, 0.05) is 11.4 Å². The molecule has 0 N–H and O–H groups in total. The van der Waals surface area contributed by atoms with Gasteiger partial charge in [-0.1, -0.05) is 41.9 Å². The van der Waals surface area contributed by atoms with Crippen molar-refractivity contribution in [2.24, 2.45) is 0 Å². The SMILES string of the molecule is COC(=O)CCc1c(C#N)cc(Cl)cc1-c1ccccc1. The van der Waals surface area contributed by atoms with Gasteiger partial charge in [0.25, 0.3) is 0 Å². The number of carbonyl (C=O) groups is 1. The Bertz CT molecular complexity index is 690.